The van der Waals surface area contributed by atoms with Gasteiger partial charge in [-0.15, -0.1) is 0 Å². The Morgan fingerprint density at radius 2 is 1.88 bits per heavy atom. The van der Waals surface area contributed by atoms with Gasteiger partial charge in [0.1, 0.15) is 23.4 Å². The summed E-state index contributed by atoms with van der Waals surface area (Å²) in [5, 5.41) is 3.99. The highest BCUT2D eigenvalue weighted by atomic mass is 79.9. The molecule has 7 heteroatoms. The fourth-order valence-corrected chi connectivity index (χ4v) is 4.65. The number of nitrogens with zero attached hydrogens (tertiary/aromatic N) is 2. The zero-order valence-electron chi connectivity index (χ0n) is 17.1. The minimum absolute atomic E-state index is 0.223. The normalized spacial score (nSPS) is 18.1. The molecule has 0 spiro atoms. The van der Waals surface area contributed by atoms with E-state index in [0.717, 1.165) is 16.9 Å². The van der Waals surface area contributed by atoms with Gasteiger partial charge in [-0.1, -0.05) is 39.7 Å². The molecule has 0 aliphatic carbocycles. The van der Waals surface area contributed by atoms with E-state index in [4.69, 9.17) is 16.6 Å². The second-order valence-electron chi connectivity index (χ2n) is 7.66. The van der Waals surface area contributed by atoms with Crippen molar-refractivity contribution in [2.75, 3.05) is 4.90 Å². The van der Waals surface area contributed by atoms with Gasteiger partial charge >= 0.3 is 0 Å². The summed E-state index contributed by atoms with van der Waals surface area (Å²) in [6, 6.07) is 22.1. The van der Waals surface area contributed by atoms with Crippen LogP contribution in [-0.4, -0.2) is 10.1 Å². The zero-order chi connectivity index (χ0) is 22.2. The summed E-state index contributed by atoms with van der Waals surface area (Å²) in [6.45, 7) is 2.05. The maximum absolute atomic E-state index is 14.6. The molecule has 2 aromatic carbocycles. The van der Waals surface area contributed by atoms with Crippen molar-refractivity contribution < 1.29 is 8.81 Å². The number of nitrogens with one attached hydrogen (secondary N) is 1. The molecule has 32 heavy (non-hydrogen) atoms. The lowest BCUT2D eigenvalue weighted by Gasteiger charge is -2.26. The molecule has 3 heterocycles. The van der Waals surface area contributed by atoms with Crippen molar-refractivity contribution in [2.24, 2.45) is 0 Å². The van der Waals surface area contributed by atoms with Gasteiger partial charge in [-0.2, -0.15) is 0 Å². The molecule has 4 aromatic rings. The standard InChI is InChI=1S/C25H19BrFN3OS/c1-15-5-8-17(9-6-15)30-24(23(29-25(30)32)20-4-2-3-13-28-20)22-12-11-21(31-22)18-10-7-16(26)14-19(18)27/h2-14,23-24H,1H3,(H,29,32). The van der Waals surface area contributed by atoms with E-state index < -0.39 is 0 Å². The van der Waals surface area contributed by atoms with Gasteiger partial charge in [0.25, 0.3) is 0 Å². The van der Waals surface area contributed by atoms with E-state index in [1.165, 1.54) is 6.07 Å². The Morgan fingerprint density at radius 1 is 1.06 bits per heavy atom. The number of aryl methyl sites for hydroxylation is 1. The minimum atomic E-state index is -0.350. The lowest BCUT2D eigenvalue weighted by atomic mass is 10.0. The Balaban J connectivity index is 1.60. The molecule has 0 radical (unpaired) electrons. The third-order valence-electron chi connectivity index (χ3n) is 5.53. The van der Waals surface area contributed by atoms with Gasteiger partial charge in [-0.3, -0.25) is 4.98 Å². The second-order valence-corrected chi connectivity index (χ2v) is 8.96. The molecule has 1 fully saturated rings. The number of benzene rings is 2. The Labute approximate surface area is 199 Å². The molecular weight excluding hydrogens is 489 g/mol. The molecule has 5 rings (SSSR count). The number of halogens is 2. The molecule has 0 saturated carbocycles. The van der Waals surface area contributed by atoms with Crippen molar-refractivity contribution in [2.45, 2.75) is 19.0 Å². The first-order chi connectivity index (χ1) is 15.5. The van der Waals surface area contributed by atoms with Crippen molar-refractivity contribution in [3.63, 3.8) is 0 Å². The number of rotatable bonds is 4. The minimum Gasteiger partial charge on any atom is -0.459 e. The Bertz CT molecular complexity index is 1280. The Kier molecular flexibility index (Phi) is 5.53. The van der Waals surface area contributed by atoms with Crippen LogP contribution in [0.1, 0.15) is 29.1 Å². The van der Waals surface area contributed by atoms with Crippen molar-refractivity contribution in [1.82, 2.24) is 10.3 Å². The van der Waals surface area contributed by atoms with Gasteiger partial charge in [0.15, 0.2) is 5.11 Å². The van der Waals surface area contributed by atoms with Crippen LogP contribution in [0.5, 0.6) is 0 Å². The third-order valence-corrected chi connectivity index (χ3v) is 6.33. The highest BCUT2D eigenvalue weighted by Crippen LogP contribution is 2.43. The SMILES string of the molecule is Cc1ccc(N2C(=S)NC(c3ccccn3)C2c2ccc(-c3ccc(Br)cc3F)o2)cc1. The highest BCUT2D eigenvalue weighted by Gasteiger charge is 2.42. The van der Waals surface area contributed by atoms with Crippen LogP contribution in [0.25, 0.3) is 11.3 Å². The fraction of sp³-hybridized carbons (Fsp3) is 0.120. The van der Waals surface area contributed by atoms with Crippen molar-refractivity contribution in [1.29, 1.82) is 0 Å². The molecule has 160 valence electrons. The lowest BCUT2D eigenvalue weighted by molar-refractivity contribution is 0.438. The second kappa shape index (κ2) is 8.48. The predicted molar refractivity (Wildman–Crippen MR) is 131 cm³/mol. The number of furan rings is 1. The van der Waals surface area contributed by atoms with Crippen LogP contribution in [0.4, 0.5) is 10.1 Å². The van der Waals surface area contributed by atoms with E-state index >= 15 is 0 Å². The van der Waals surface area contributed by atoms with Crippen LogP contribution >= 0.6 is 28.1 Å². The summed E-state index contributed by atoms with van der Waals surface area (Å²) >= 11 is 9.03. The van der Waals surface area contributed by atoms with Crippen molar-refractivity contribution >= 4 is 38.9 Å². The summed E-state index contributed by atoms with van der Waals surface area (Å²) < 4.78 is 21.5. The topological polar surface area (TPSA) is 41.3 Å². The van der Waals surface area contributed by atoms with E-state index in [2.05, 4.69) is 26.2 Å². The summed E-state index contributed by atoms with van der Waals surface area (Å²) in [5.41, 5.74) is 3.37. The average Bonchev–Trinajstić information content (AvgIpc) is 3.39. The quantitative estimate of drug-likeness (QED) is 0.310. The summed E-state index contributed by atoms with van der Waals surface area (Å²) in [4.78, 5) is 6.58. The molecule has 4 nitrogen and oxygen atoms in total. The smallest absolute Gasteiger partial charge is 0.174 e. The Morgan fingerprint density at radius 3 is 2.59 bits per heavy atom. The molecular formula is C25H19BrFN3OS. The maximum atomic E-state index is 14.6. The largest absolute Gasteiger partial charge is 0.459 e. The van der Waals surface area contributed by atoms with Gasteiger partial charge < -0.3 is 14.6 Å². The number of hydrogen-bond donors (Lipinski definition) is 1. The van der Waals surface area contributed by atoms with Gasteiger partial charge in [-0.05, 0) is 73.7 Å². The molecule has 0 amide bonds. The van der Waals surface area contributed by atoms with E-state index in [0.29, 0.717) is 26.7 Å². The molecule has 1 N–H and O–H groups in total. The van der Waals surface area contributed by atoms with Crippen LogP contribution in [-0.2, 0) is 0 Å². The number of thiocarbonyl (C=S) groups is 1. The summed E-state index contributed by atoms with van der Waals surface area (Å²) in [6.07, 6.45) is 1.76. The lowest BCUT2D eigenvalue weighted by Crippen LogP contribution is -2.29. The predicted octanol–water partition coefficient (Wildman–Crippen LogP) is 6.73. The van der Waals surface area contributed by atoms with Crippen molar-refractivity contribution in [3.8, 4) is 11.3 Å². The Hall–Kier alpha value is -3.03. The summed E-state index contributed by atoms with van der Waals surface area (Å²) in [5.74, 6) is 0.786. The zero-order valence-corrected chi connectivity index (χ0v) is 19.5. The van der Waals surface area contributed by atoms with Gasteiger partial charge in [0, 0.05) is 16.4 Å². The van der Waals surface area contributed by atoms with Crippen LogP contribution in [0.2, 0.25) is 0 Å². The first kappa shape index (κ1) is 20.8. The van der Waals surface area contributed by atoms with E-state index in [1.807, 2.05) is 60.4 Å². The number of hydrogen-bond acceptors (Lipinski definition) is 3. The van der Waals surface area contributed by atoms with Gasteiger partial charge in [0.2, 0.25) is 0 Å². The molecule has 1 aliphatic rings. The number of anilines is 1. The van der Waals surface area contributed by atoms with Crippen LogP contribution in [0.3, 0.4) is 0 Å². The first-order valence-electron chi connectivity index (χ1n) is 10.1. The molecule has 0 bridgehead atoms. The van der Waals surface area contributed by atoms with Gasteiger partial charge in [-0.25, -0.2) is 4.39 Å². The average molecular weight is 508 g/mol. The number of pyridine rings is 1. The van der Waals surface area contributed by atoms with E-state index in [1.54, 1.807) is 24.4 Å². The first-order valence-corrected chi connectivity index (χ1v) is 11.3. The molecule has 1 aliphatic heterocycles. The molecule has 2 aromatic heterocycles. The molecule has 2 unspecified atom stereocenters. The maximum Gasteiger partial charge on any atom is 0.174 e. The fourth-order valence-electron chi connectivity index (χ4n) is 3.97. The molecule has 1 saturated heterocycles. The molecule has 2 atom stereocenters. The van der Waals surface area contributed by atoms with Crippen molar-refractivity contribution in [3.05, 3.63) is 106 Å². The van der Waals surface area contributed by atoms with E-state index in [9.17, 15) is 4.39 Å². The number of aromatic nitrogens is 1. The van der Waals surface area contributed by atoms with E-state index in [-0.39, 0.29) is 17.9 Å². The highest BCUT2D eigenvalue weighted by molar-refractivity contribution is 9.10. The van der Waals surface area contributed by atoms with Crippen LogP contribution in [0.15, 0.2) is 87.9 Å². The van der Waals surface area contributed by atoms with Gasteiger partial charge in [0.05, 0.1) is 17.3 Å². The third kappa shape index (κ3) is 3.82. The van der Waals surface area contributed by atoms with Crippen LogP contribution < -0.4 is 10.2 Å². The van der Waals surface area contributed by atoms with Crippen LogP contribution in [0, 0.1) is 12.7 Å². The summed E-state index contributed by atoms with van der Waals surface area (Å²) in [7, 11) is 0. The monoisotopic (exact) mass is 507 g/mol.